The zero-order valence-electron chi connectivity index (χ0n) is 9.75. The van der Waals surface area contributed by atoms with Gasteiger partial charge >= 0.3 is 0 Å². The summed E-state index contributed by atoms with van der Waals surface area (Å²) in [7, 11) is 0. The molecule has 1 amide bonds. The molecule has 1 saturated heterocycles. The summed E-state index contributed by atoms with van der Waals surface area (Å²) in [6.45, 7) is 10.5. The largest absolute Gasteiger partial charge is 0.474 e. The topological polar surface area (TPSA) is 55.6 Å². The highest BCUT2D eigenvalue weighted by atomic mass is 16.5. The van der Waals surface area contributed by atoms with Crippen molar-refractivity contribution in [2.24, 2.45) is 5.73 Å². The number of carbonyl (C=O) groups excluding carboxylic acids is 1. The zero-order valence-corrected chi connectivity index (χ0v) is 9.75. The van der Waals surface area contributed by atoms with E-state index in [9.17, 15) is 4.79 Å². The number of primary amides is 1. The standard InChI is InChI=1S/C11H20N2O2/c1-8(15-11(2,3)4)13-7-5-6-9(13)10(12)14/h9H,1,5-7H2,2-4H3,(H2,12,14)/t9-/m0/s1. The van der Waals surface area contributed by atoms with E-state index in [1.54, 1.807) is 0 Å². The molecule has 4 nitrogen and oxygen atoms in total. The summed E-state index contributed by atoms with van der Waals surface area (Å²) >= 11 is 0. The molecule has 0 bridgehead atoms. The van der Waals surface area contributed by atoms with Gasteiger partial charge in [-0.25, -0.2) is 0 Å². The van der Waals surface area contributed by atoms with Crippen molar-refractivity contribution in [3.63, 3.8) is 0 Å². The van der Waals surface area contributed by atoms with E-state index >= 15 is 0 Å². The van der Waals surface area contributed by atoms with Crippen molar-refractivity contribution >= 4 is 5.91 Å². The lowest BCUT2D eigenvalue weighted by Gasteiger charge is -2.31. The molecule has 1 heterocycles. The van der Waals surface area contributed by atoms with Crippen LogP contribution in [-0.4, -0.2) is 29.0 Å². The fourth-order valence-corrected chi connectivity index (χ4v) is 1.77. The molecule has 0 aliphatic carbocycles. The van der Waals surface area contributed by atoms with Crippen molar-refractivity contribution in [1.29, 1.82) is 0 Å². The van der Waals surface area contributed by atoms with Crippen LogP contribution in [0.1, 0.15) is 33.6 Å². The molecule has 1 fully saturated rings. The first-order chi connectivity index (χ1) is 6.81. The summed E-state index contributed by atoms with van der Waals surface area (Å²) < 4.78 is 5.63. The Morgan fingerprint density at radius 2 is 2.13 bits per heavy atom. The predicted octanol–water partition coefficient (Wildman–Crippen LogP) is 1.22. The van der Waals surface area contributed by atoms with Crippen LogP contribution in [0.3, 0.4) is 0 Å². The lowest BCUT2D eigenvalue weighted by Crippen LogP contribution is -2.41. The second-order valence-electron chi connectivity index (χ2n) is 4.86. The Balaban J connectivity index is 2.63. The van der Waals surface area contributed by atoms with Crippen LogP contribution in [0.4, 0.5) is 0 Å². The Kier molecular flexibility index (Phi) is 3.27. The molecule has 4 heteroatoms. The third kappa shape index (κ3) is 3.15. The Labute approximate surface area is 91.1 Å². The Bertz CT molecular complexity index is 268. The van der Waals surface area contributed by atoms with Gasteiger partial charge in [-0.3, -0.25) is 4.79 Å². The van der Waals surface area contributed by atoms with E-state index in [0.29, 0.717) is 5.88 Å². The summed E-state index contributed by atoms with van der Waals surface area (Å²) in [5.41, 5.74) is 5.02. The Hall–Kier alpha value is -1.19. The second-order valence-corrected chi connectivity index (χ2v) is 4.86. The highest BCUT2D eigenvalue weighted by Gasteiger charge is 2.31. The van der Waals surface area contributed by atoms with Crippen LogP contribution >= 0.6 is 0 Å². The van der Waals surface area contributed by atoms with Gasteiger partial charge in [0.1, 0.15) is 11.6 Å². The van der Waals surface area contributed by atoms with Crippen molar-refractivity contribution < 1.29 is 9.53 Å². The lowest BCUT2D eigenvalue weighted by atomic mass is 10.2. The number of hydrogen-bond donors (Lipinski definition) is 1. The molecule has 0 spiro atoms. The van der Waals surface area contributed by atoms with Gasteiger partial charge in [-0.1, -0.05) is 0 Å². The number of nitrogens with zero attached hydrogens (tertiary/aromatic N) is 1. The molecule has 1 atom stereocenters. The average Bonchev–Trinajstić information content (AvgIpc) is 2.47. The van der Waals surface area contributed by atoms with Crippen molar-refractivity contribution in [1.82, 2.24) is 4.90 Å². The lowest BCUT2D eigenvalue weighted by molar-refractivity contribution is -0.123. The SMILES string of the molecule is C=C(OC(C)(C)C)N1CCC[C@H]1C(N)=O. The summed E-state index contributed by atoms with van der Waals surface area (Å²) in [5, 5.41) is 0. The number of nitrogens with two attached hydrogens (primary N) is 1. The second kappa shape index (κ2) is 4.13. The molecule has 0 aromatic rings. The molecule has 0 aromatic carbocycles. The fraction of sp³-hybridized carbons (Fsp3) is 0.727. The maximum atomic E-state index is 11.2. The summed E-state index contributed by atoms with van der Waals surface area (Å²) in [6.07, 6.45) is 1.75. The van der Waals surface area contributed by atoms with E-state index in [1.807, 2.05) is 25.7 Å². The van der Waals surface area contributed by atoms with Gasteiger partial charge in [0.05, 0.1) is 0 Å². The van der Waals surface area contributed by atoms with E-state index in [4.69, 9.17) is 10.5 Å². The molecular weight excluding hydrogens is 192 g/mol. The van der Waals surface area contributed by atoms with Crippen molar-refractivity contribution in [3.8, 4) is 0 Å². The summed E-state index contributed by atoms with van der Waals surface area (Å²) in [4.78, 5) is 13.0. The first-order valence-corrected chi connectivity index (χ1v) is 5.25. The van der Waals surface area contributed by atoms with E-state index in [2.05, 4.69) is 6.58 Å². The van der Waals surface area contributed by atoms with Crippen molar-refractivity contribution in [3.05, 3.63) is 12.5 Å². The van der Waals surface area contributed by atoms with Gasteiger partial charge in [-0.05, 0) is 40.2 Å². The molecule has 86 valence electrons. The van der Waals surface area contributed by atoms with E-state index in [0.717, 1.165) is 19.4 Å². The van der Waals surface area contributed by atoms with Crippen LogP contribution < -0.4 is 5.73 Å². The van der Waals surface area contributed by atoms with Crippen LogP contribution in [-0.2, 0) is 9.53 Å². The highest BCUT2D eigenvalue weighted by molar-refractivity contribution is 5.80. The van der Waals surface area contributed by atoms with Crippen LogP contribution in [0, 0.1) is 0 Å². The zero-order chi connectivity index (χ0) is 11.6. The molecular formula is C11H20N2O2. The average molecular weight is 212 g/mol. The fourth-order valence-electron chi connectivity index (χ4n) is 1.77. The Morgan fingerprint density at radius 1 is 1.53 bits per heavy atom. The number of carbonyl (C=O) groups is 1. The Morgan fingerprint density at radius 3 is 2.60 bits per heavy atom. The van der Waals surface area contributed by atoms with Gasteiger partial charge in [0, 0.05) is 6.54 Å². The number of rotatable bonds is 3. The monoisotopic (exact) mass is 212 g/mol. The van der Waals surface area contributed by atoms with Gasteiger partial charge < -0.3 is 15.4 Å². The summed E-state index contributed by atoms with van der Waals surface area (Å²) in [6, 6.07) is -0.250. The maximum Gasteiger partial charge on any atom is 0.240 e. The van der Waals surface area contributed by atoms with Gasteiger partial charge in [0.2, 0.25) is 5.91 Å². The summed E-state index contributed by atoms with van der Waals surface area (Å²) in [5.74, 6) is 0.245. The molecule has 0 aromatic heterocycles. The van der Waals surface area contributed by atoms with Crippen LogP contribution in [0.15, 0.2) is 12.5 Å². The minimum absolute atomic E-state index is 0.250. The van der Waals surface area contributed by atoms with Crippen LogP contribution in [0.5, 0.6) is 0 Å². The van der Waals surface area contributed by atoms with Crippen molar-refractivity contribution in [2.45, 2.75) is 45.3 Å². The molecule has 1 aliphatic rings. The minimum Gasteiger partial charge on any atom is -0.474 e. The maximum absolute atomic E-state index is 11.2. The highest BCUT2D eigenvalue weighted by Crippen LogP contribution is 2.24. The smallest absolute Gasteiger partial charge is 0.240 e. The van der Waals surface area contributed by atoms with Gasteiger partial charge in [-0.2, -0.15) is 0 Å². The molecule has 0 saturated carbocycles. The van der Waals surface area contributed by atoms with E-state index in [1.165, 1.54) is 0 Å². The van der Waals surface area contributed by atoms with Gasteiger partial charge in [0.15, 0.2) is 5.88 Å². The number of likely N-dealkylation sites (tertiary alicyclic amines) is 1. The number of ether oxygens (including phenoxy) is 1. The molecule has 0 unspecified atom stereocenters. The first kappa shape index (κ1) is 11.9. The third-order valence-electron chi connectivity index (χ3n) is 2.33. The van der Waals surface area contributed by atoms with E-state index in [-0.39, 0.29) is 17.6 Å². The molecule has 1 aliphatic heterocycles. The van der Waals surface area contributed by atoms with Crippen LogP contribution in [0.2, 0.25) is 0 Å². The third-order valence-corrected chi connectivity index (χ3v) is 2.33. The van der Waals surface area contributed by atoms with E-state index < -0.39 is 0 Å². The predicted molar refractivity (Wildman–Crippen MR) is 58.9 cm³/mol. The first-order valence-electron chi connectivity index (χ1n) is 5.25. The van der Waals surface area contributed by atoms with Crippen molar-refractivity contribution in [2.75, 3.05) is 6.54 Å². The quantitative estimate of drug-likeness (QED) is 0.716. The normalized spacial score (nSPS) is 21.5. The number of hydrogen-bond acceptors (Lipinski definition) is 3. The molecule has 15 heavy (non-hydrogen) atoms. The minimum atomic E-state index is -0.300. The van der Waals surface area contributed by atoms with Crippen LogP contribution in [0.25, 0.3) is 0 Å². The molecule has 1 rings (SSSR count). The molecule has 0 radical (unpaired) electrons. The van der Waals surface area contributed by atoms with Gasteiger partial charge in [-0.15, -0.1) is 0 Å². The van der Waals surface area contributed by atoms with Gasteiger partial charge in [0.25, 0.3) is 0 Å². The molecule has 2 N–H and O–H groups in total. The number of amides is 1.